The lowest BCUT2D eigenvalue weighted by atomic mass is 10.1. The van der Waals surface area contributed by atoms with E-state index in [-0.39, 0.29) is 0 Å². The maximum absolute atomic E-state index is 5.75. The first kappa shape index (κ1) is 15.4. The zero-order valence-corrected chi connectivity index (χ0v) is 13.6. The van der Waals surface area contributed by atoms with E-state index in [1.165, 1.54) is 37.7 Å². The molecule has 1 aromatic carbocycles. The average molecular weight is 335 g/mol. The minimum absolute atomic E-state index is 0.831. The van der Waals surface area contributed by atoms with Crippen LogP contribution in [-0.2, 0) is 5.33 Å². The summed E-state index contributed by atoms with van der Waals surface area (Å²) < 4.78 is 5.75. The predicted octanol–water partition coefficient (Wildman–Crippen LogP) is 5.80. The molecule has 0 aromatic heterocycles. The first-order valence-corrected chi connectivity index (χ1v) is 8.63. The van der Waals surface area contributed by atoms with Crippen molar-refractivity contribution in [2.75, 3.05) is 6.61 Å². The van der Waals surface area contributed by atoms with Gasteiger partial charge in [0, 0.05) is 5.33 Å². The van der Waals surface area contributed by atoms with Gasteiger partial charge in [0.05, 0.1) is 6.61 Å². The van der Waals surface area contributed by atoms with Gasteiger partial charge in [-0.25, -0.2) is 0 Å². The number of allylic oxidation sites excluding steroid dienone is 4. The fraction of sp³-hybridized carbons (Fsp3) is 0.444. The number of hydrogen-bond acceptors (Lipinski definition) is 1. The van der Waals surface area contributed by atoms with Crippen LogP contribution in [-0.4, -0.2) is 6.61 Å². The zero-order valence-electron chi connectivity index (χ0n) is 12.0. The van der Waals surface area contributed by atoms with Gasteiger partial charge in [0.2, 0.25) is 0 Å². The van der Waals surface area contributed by atoms with E-state index in [1.54, 1.807) is 5.57 Å². The van der Waals surface area contributed by atoms with Crippen molar-refractivity contribution in [3.8, 4) is 5.75 Å². The summed E-state index contributed by atoms with van der Waals surface area (Å²) in [5.41, 5.74) is 2.88. The van der Waals surface area contributed by atoms with Crippen LogP contribution in [0.2, 0.25) is 0 Å². The molecule has 0 saturated heterocycles. The van der Waals surface area contributed by atoms with E-state index in [0.29, 0.717) is 0 Å². The molecule has 0 heterocycles. The molecule has 0 N–H and O–H groups in total. The first-order valence-electron chi connectivity index (χ1n) is 7.51. The molecule has 20 heavy (non-hydrogen) atoms. The Morgan fingerprint density at radius 3 is 2.50 bits per heavy atom. The number of rotatable bonds is 9. The van der Waals surface area contributed by atoms with Crippen molar-refractivity contribution in [3.63, 3.8) is 0 Å². The van der Waals surface area contributed by atoms with Crippen molar-refractivity contribution in [3.05, 3.63) is 53.6 Å². The van der Waals surface area contributed by atoms with Crippen LogP contribution in [0, 0.1) is 0 Å². The van der Waals surface area contributed by atoms with Crippen LogP contribution in [0.5, 0.6) is 5.75 Å². The van der Waals surface area contributed by atoms with Crippen molar-refractivity contribution in [1.82, 2.24) is 0 Å². The SMILES string of the molecule is BrCc1ccc(OCCCCCCC2=CC=CC2)cc1. The molecule has 0 unspecified atom stereocenters. The van der Waals surface area contributed by atoms with Crippen LogP contribution in [0.1, 0.15) is 44.1 Å². The number of halogens is 1. The Morgan fingerprint density at radius 1 is 1.00 bits per heavy atom. The Hall–Kier alpha value is -1.02. The molecule has 1 aliphatic rings. The summed E-state index contributed by atoms with van der Waals surface area (Å²) in [7, 11) is 0. The van der Waals surface area contributed by atoms with Crippen molar-refractivity contribution >= 4 is 15.9 Å². The van der Waals surface area contributed by atoms with E-state index in [0.717, 1.165) is 24.1 Å². The highest BCUT2D eigenvalue weighted by molar-refractivity contribution is 9.08. The van der Waals surface area contributed by atoms with Gasteiger partial charge in [-0.05, 0) is 43.4 Å². The first-order chi connectivity index (χ1) is 9.88. The third-order valence-electron chi connectivity index (χ3n) is 3.59. The van der Waals surface area contributed by atoms with Crippen LogP contribution < -0.4 is 4.74 Å². The van der Waals surface area contributed by atoms with E-state index >= 15 is 0 Å². The molecule has 2 rings (SSSR count). The molecule has 1 nitrogen and oxygen atoms in total. The molecule has 1 aliphatic carbocycles. The maximum atomic E-state index is 5.75. The molecule has 0 saturated carbocycles. The van der Waals surface area contributed by atoms with Gasteiger partial charge >= 0.3 is 0 Å². The van der Waals surface area contributed by atoms with Gasteiger partial charge in [-0.3, -0.25) is 0 Å². The van der Waals surface area contributed by atoms with Crippen LogP contribution in [0.25, 0.3) is 0 Å². The van der Waals surface area contributed by atoms with E-state index in [4.69, 9.17) is 4.74 Å². The van der Waals surface area contributed by atoms with Crippen LogP contribution in [0.3, 0.4) is 0 Å². The summed E-state index contributed by atoms with van der Waals surface area (Å²) in [5, 5.41) is 0.902. The molecule has 0 bridgehead atoms. The third kappa shape index (κ3) is 5.54. The number of benzene rings is 1. The quantitative estimate of drug-likeness (QED) is 0.409. The molecule has 0 fully saturated rings. The fourth-order valence-corrected chi connectivity index (χ4v) is 2.72. The number of ether oxygens (including phenoxy) is 1. The minimum atomic E-state index is 0.831. The summed E-state index contributed by atoms with van der Waals surface area (Å²) in [4.78, 5) is 0. The van der Waals surface area contributed by atoms with Crippen molar-refractivity contribution in [1.29, 1.82) is 0 Å². The molecule has 108 valence electrons. The van der Waals surface area contributed by atoms with Crippen molar-refractivity contribution < 1.29 is 4.74 Å². The largest absolute Gasteiger partial charge is 0.494 e. The maximum Gasteiger partial charge on any atom is 0.119 e. The molecule has 0 aliphatic heterocycles. The summed E-state index contributed by atoms with van der Waals surface area (Å²) in [6.07, 6.45) is 14.2. The van der Waals surface area contributed by atoms with E-state index in [2.05, 4.69) is 58.4 Å². The second kappa shape index (κ2) is 9.02. The van der Waals surface area contributed by atoms with E-state index < -0.39 is 0 Å². The lowest BCUT2D eigenvalue weighted by Gasteiger charge is -2.07. The number of hydrogen-bond donors (Lipinski definition) is 0. The molecule has 0 atom stereocenters. The molecule has 0 radical (unpaired) electrons. The highest BCUT2D eigenvalue weighted by Crippen LogP contribution is 2.18. The summed E-state index contributed by atoms with van der Waals surface area (Å²) in [6.45, 7) is 0.831. The van der Waals surface area contributed by atoms with Crippen LogP contribution in [0.15, 0.2) is 48.1 Å². The second-order valence-electron chi connectivity index (χ2n) is 5.25. The van der Waals surface area contributed by atoms with E-state index in [9.17, 15) is 0 Å². The molecule has 0 amide bonds. The van der Waals surface area contributed by atoms with Gasteiger partial charge in [-0.2, -0.15) is 0 Å². The number of unbranched alkanes of at least 4 members (excludes halogenated alkanes) is 3. The summed E-state index contributed by atoms with van der Waals surface area (Å²) in [5.74, 6) is 0.983. The highest BCUT2D eigenvalue weighted by Gasteiger charge is 1.99. The van der Waals surface area contributed by atoms with Crippen molar-refractivity contribution in [2.24, 2.45) is 0 Å². The lowest BCUT2D eigenvalue weighted by Crippen LogP contribution is -1.97. The minimum Gasteiger partial charge on any atom is -0.494 e. The zero-order chi connectivity index (χ0) is 14.0. The molecule has 0 spiro atoms. The smallest absolute Gasteiger partial charge is 0.119 e. The van der Waals surface area contributed by atoms with Gasteiger partial charge in [0.25, 0.3) is 0 Å². The monoisotopic (exact) mass is 334 g/mol. The van der Waals surface area contributed by atoms with Crippen LogP contribution in [0.4, 0.5) is 0 Å². The van der Waals surface area contributed by atoms with Gasteiger partial charge in [0.1, 0.15) is 5.75 Å². The van der Waals surface area contributed by atoms with Gasteiger partial charge in [-0.1, -0.05) is 64.7 Å². The summed E-state index contributed by atoms with van der Waals surface area (Å²) >= 11 is 3.45. The average Bonchev–Trinajstić information content (AvgIpc) is 3.00. The standard InChI is InChI=1S/C18H23BrO/c19-15-17-10-12-18(13-11-17)20-14-6-2-1-3-7-16-8-4-5-9-16/h4-5,8,10-13H,1-3,6-7,9,14-15H2. The molecular formula is C18H23BrO. The Balaban J connectivity index is 1.48. The molecule has 1 aromatic rings. The molecule has 2 heteroatoms. The summed E-state index contributed by atoms with van der Waals surface area (Å²) in [6, 6.07) is 8.31. The number of alkyl halides is 1. The van der Waals surface area contributed by atoms with Gasteiger partial charge in [-0.15, -0.1) is 0 Å². The van der Waals surface area contributed by atoms with Gasteiger partial charge < -0.3 is 4.74 Å². The lowest BCUT2D eigenvalue weighted by molar-refractivity contribution is 0.304. The Kier molecular flexibility index (Phi) is 6.93. The third-order valence-corrected chi connectivity index (χ3v) is 4.23. The predicted molar refractivity (Wildman–Crippen MR) is 89.5 cm³/mol. The van der Waals surface area contributed by atoms with E-state index in [1.807, 2.05) is 0 Å². The molecular weight excluding hydrogens is 312 g/mol. The van der Waals surface area contributed by atoms with Crippen LogP contribution >= 0.6 is 15.9 Å². The normalized spacial score (nSPS) is 13.6. The van der Waals surface area contributed by atoms with Gasteiger partial charge in [0.15, 0.2) is 0 Å². The highest BCUT2D eigenvalue weighted by atomic mass is 79.9. The Morgan fingerprint density at radius 2 is 1.80 bits per heavy atom. The Bertz CT molecular complexity index is 445. The topological polar surface area (TPSA) is 9.23 Å². The Labute approximate surface area is 130 Å². The fourth-order valence-electron chi connectivity index (χ4n) is 2.35. The second-order valence-corrected chi connectivity index (χ2v) is 5.81. The van der Waals surface area contributed by atoms with Crippen molar-refractivity contribution in [2.45, 2.75) is 43.9 Å².